The largest absolute Gasteiger partial charge is 0.441 e. The number of hydrogen-bond acceptors (Lipinski definition) is 6. The molecular formula is C22H26F2N6O2S3. The van der Waals surface area contributed by atoms with Gasteiger partial charge in [-0.3, -0.25) is 4.79 Å². The van der Waals surface area contributed by atoms with E-state index in [0.717, 1.165) is 25.7 Å². The molecule has 4 aromatic rings. The summed E-state index contributed by atoms with van der Waals surface area (Å²) < 4.78 is 34.0. The second kappa shape index (κ2) is 10.3. The van der Waals surface area contributed by atoms with Crippen LogP contribution in [0.5, 0.6) is 0 Å². The third-order valence-corrected chi connectivity index (χ3v) is 6.70. The van der Waals surface area contributed by atoms with Crippen LogP contribution in [0, 0.1) is 6.92 Å². The predicted octanol–water partition coefficient (Wildman–Crippen LogP) is 4.40. The van der Waals surface area contributed by atoms with Crippen molar-refractivity contribution in [2.75, 3.05) is 0 Å². The van der Waals surface area contributed by atoms with Gasteiger partial charge in [-0.25, -0.2) is 23.3 Å². The summed E-state index contributed by atoms with van der Waals surface area (Å²) >= 11 is 0. The van der Waals surface area contributed by atoms with E-state index in [1.165, 1.54) is 16.9 Å². The smallest absolute Gasteiger partial charge is 0.280 e. The van der Waals surface area contributed by atoms with E-state index >= 15 is 0 Å². The van der Waals surface area contributed by atoms with E-state index in [-0.39, 0.29) is 75.9 Å². The molecule has 35 heavy (non-hydrogen) atoms. The summed E-state index contributed by atoms with van der Waals surface area (Å²) in [6.45, 7) is 1.77. The molecule has 2 aliphatic heterocycles. The monoisotopic (exact) mass is 540 g/mol. The molecule has 0 spiro atoms. The Hall–Kier alpha value is -2.38. The molecule has 2 bridgehead atoms. The lowest BCUT2D eigenvalue weighted by Crippen LogP contribution is -2.47. The average Bonchev–Trinajstić information content (AvgIpc) is 3.47. The first kappa shape index (κ1) is 27.2. The Kier molecular flexibility index (Phi) is 8.02. The maximum absolute atomic E-state index is 13.6. The molecule has 0 radical (unpaired) electrons. The number of benzene rings is 1. The number of fused-ring (bicyclic) bond motifs is 4. The van der Waals surface area contributed by atoms with Gasteiger partial charge in [-0.1, -0.05) is 0 Å². The number of piperidine rings is 1. The van der Waals surface area contributed by atoms with Crippen molar-refractivity contribution in [3.63, 3.8) is 0 Å². The first-order valence-corrected chi connectivity index (χ1v) is 10.7. The van der Waals surface area contributed by atoms with Gasteiger partial charge in [-0.15, -0.1) is 0 Å². The lowest BCUT2D eigenvalue weighted by molar-refractivity contribution is 0.0554. The third kappa shape index (κ3) is 4.49. The molecule has 1 amide bonds. The molecule has 1 aromatic carbocycles. The molecule has 188 valence electrons. The Morgan fingerprint density at radius 1 is 1.09 bits per heavy atom. The van der Waals surface area contributed by atoms with Gasteiger partial charge in [-0.05, 0) is 49.9 Å². The number of carbonyl (C=O) groups excluding carboxylic acids is 1. The lowest BCUT2D eigenvalue weighted by atomic mass is 9.86. The molecule has 3 aromatic heterocycles. The van der Waals surface area contributed by atoms with Gasteiger partial charge in [0.25, 0.3) is 18.1 Å². The van der Waals surface area contributed by atoms with Crippen molar-refractivity contribution < 1.29 is 18.0 Å². The minimum atomic E-state index is -2.70. The molecule has 3 atom stereocenters. The Balaban J connectivity index is 0.00000114. The van der Waals surface area contributed by atoms with Crippen LogP contribution in [0.15, 0.2) is 35.0 Å². The maximum Gasteiger partial charge on any atom is 0.280 e. The van der Waals surface area contributed by atoms with Gasteiger partial charge >= 0.3 is 0 Å². The zero-order valence-corrected chi connectivity index (χ0v) is 21.8. The standard InChI is InChI=1S/C22H20F2N6O2.3H2S/c1-11-27-15-8-12(2-7-19(15)32-11)21(31)29-13-3-5-14(17(29)6-4-13)18-9-16(20(23)24)28-22-25-10-26-30(18)22;;;/h2,7-10,13-14,17,20H,3-6H2,1H3;3*1H2/t13-,14-,17-;;;/m0.../s1. The molecule has 6 rings (SSSR count). The van der Waals surface area contributed by atoms with Gasteiger partial charge in [0.2, 0.25) is 0 Å². The number of oxazole rings is 1. The number of halogens is 2. The lowest BCUT2D eigenvalue weighted by Gasteiger charge is -2.40. The normalized spacial score (nSPS) is 21.0. The van der Waals surface area contributed by atoms with Crippen molar-refractivity contribution in [1.29, 1.82) is 0 Å². The summed E-state index contributed by atoms with van der Waals surface area (Å²) in [5.74, 6) is 0.512. The quantitative estimate of drug-likeness (QED) is 0.383. The number of nitrogens with zero attached hydrogens (tertiary/aromatic N) is 6. The van der Waals surface area contributed by atoms with Crippen molar-refractivity contribution in [3.05, 3.63) is 53.4 Å². The number of hydrogen-bond donors (Lipinski definition) is 0. The zero-order chi connectivity index (χ0) is 22.0. The summed E-state index contributed by atoms with van der Waals surface area (Å²) in [6, 6.07) is 6.74. The number of rotatable bonds is 3. The molecule has 5 heterocycles. The minimum Gasteiger partial charge on any atom is -0.441 e. The van der Waals surface area contributed by atoms with Gasteiger partial charge in [0, 0.05) is 30.5 Å². The number of aromatic nitrogens is 5. The molecule has 2 saturated heterocycles. The molecule has 2 fully saturated rings. The van der Waals surface area contributed by atoms with Crippen LogP contribution in [0.2, 0.25) is 0 Å². The number of amides is 1. The summed E-state index contributed by atoms with van der Waals surface area (Å²) in [5, 5.41) is 4.22. The van der Waals surface area contributed by atoms with Crippen LogP contribution in [-0.2, 0) is 0 Å². The van der Waals surface area contributed by atoms with Crippen LogP contribution in [0.25, 0.3) is 16.9 Å². The number of aryl methyl sites for hydroxylation is 1. The van der Waals surface area contributed by atoms with Gasteiger partial charge in [-0.2, -0.15) is 50.6 Å². The van der Waals surface area contributed by atoms with Crippen LogP contribution >= 0.6 is 40.5 Å². The topological polar surface area (TPSA) is 89.4 Å². The van der Waals surface area contributed by atoms with E-state index < -0.39 is 6.43 Å². The van der Waals surface area contributed by atoms with Crippen molar-refractivity contribution in [2.45, 2.75) is 57.0 Å². The van der Waals surface area contributed by atoms with Crippen molar-refractivity contribution in [1.82, 2.24) is 29.5 Å². The number of carbonyl (C=O) groups is 1. The fourth-order valence-corrected chi connectivity index (χ4v) is 5.37. The van der Waals surface area contributed by atoms with Gasteiger partial charge in [0.15, 0.2) is 11.5 Å². The van der Waals surface area contributed by atoms with Crippen molar-refractivity contribution in [3.8, 4) is 0 Å². The fourth-order valence-electron chi connectivity index (χ4n) is 5.37. The van der Waals surface area contributed by atoms with Crippen LogP contribution in [0.3, 0.4) is 0 Å². The van der Waals surface area contributed by atoms with Crippen LogP contribution in [-0.4, -0.2) is 47.5 Å². The molecule has 13 heteroatoms. The highest BCUT2D eigenvalue weighted by Crippen LogP contribution is 2.45. The van der Waals surface area contributed by atoms with E-state index in [0.29, 0.717) is 28.2 Å². The molecular weight excluding hydrogens is 514 g/mol. The molecule has 0 unspecified atom stereocenters. The molecule has 0 aliphatic carbocycles. The van der Waals surface area contributed by atoms with Crippen molar-refractivity contribution in [2.24, 2.45) is 0 Å². The number of alkyl halides is 2. The molecule has 0 N–H and O–H groups in total. The van der Waals surface area contributed by atoms with Gasteiger partial charge in [0.1, 0.15) is 17.5 Å². The zero-order valence-electron chi connectivity index (χ0n) is 18.8. The molecule has 2 aliphatic rings. The Morgan fingerprint density at radius 2 is 1.86 bits per heavy atom. The Morgan fingerprint density at radius 3 is 2.63 bits per heavy atom. The van der Waals surface area contributed by atoms with E-state index in [2.05, 4.69) is 20.1 Å². The summed E-state index contributed by atoms with van der Waals surface area (Å²) in [6.07, 6.45) is 1.92. The average molecular weight is 541 g/mol. The van der Waals surface area contributed by atoms with Gasteiger partial charge < -0.3 is 9.32 Å². The SMILES string of the molecule is Cc1nc2cc(C(=O)N3[C@H]4CC[C@H](c5cc(C(F)F)nc6ncnn56)[C@@H]3CC4)ccc2o1.S.S.S. The van der Waals surface area contributed by atoms with Crippen molar-refractivity contribution >= 4 is 63.3 Å². The second-order valence-corrected chi connectivity index (χ2v) is 8.49. The fraction of sp³-hybridized carbons (Fsp3) is 0.409. The Labute approximate surface area is 220 Å². The summed E-state index contributed by atoms with van der Waals surface area (Å²) in [5.41, 5.74) is 2.16. The van der Waals surface area contributed by atoms with Crippen LogP contribution in [0.4, 0.5) is 8.78 Å². The highest BCUT2D eigenvalue weighted by Gasteiger charge is 2.46. The van der Waals surface area contributed by atoms with Gasteiger partial charge in [0.05, 0.1) is 5.69 Å². The Bertz CT molecular complexity index is 1360. The first-order valence-electron chi connectivity index (χ1n) is 10.7. The van der Waals surface area contributed by atoms with E-state index in [4.69, 9.17) is 4.42 Å². The predicted molar refractivity (Wildman–Crippen MR) is 141 cm³/mol. The van der Waals surface area contributed by atoms with E-state index in [1.807, 2.05) is 4.90 Å². The second-order valence-electron chi connectivity index (χ2n) is 8.49. The molecule has 8 nitrogen and oxygen atoms in total. The first-order chi connectivity index (χ1) is 15.5. The van der Waals surface area contributed by atoms with E-state index in [9.17, 15) is 13.6 Å². The molecule has 0 saturated carbocycles. The van der Waals surface area contributed by atoms with Crippen LogP contribution in [0.1, 0.15) is 65.7 Å². The van der Waals surface area contributed by atoms with E-state index in [1.54, 1.807) is 25.1 Å². The van der Waals surface area contributed by atoms with Crippen LogP contribution < -0.4 is 0 Å². The third-order valence-electron chi connectivity index (χ3n) is 6.70. The highest BCUT2D eigenvalue weighted by molar-refractivity contribution is 7.59. The maximum atomic E-state index is 13.6. The minimum absolute atomic E-state index is 0. The highest BCUT2D eigenvalue weighted by atomic mass is 32.1. The summed E-state index contributed by atoms with van der Waals surface area (Å²) in [4.78, 5) is 27.8. The summed E-state index contributed by atoms with van der Waals surface area (Å²) in [7, 11) is 0.